The summed E-state index contributed by atoms with van der Waals surface area (Å²) in [5.41, 5.74) is 0. The number of alkyl halides is 1. The Hall–Kier alpha value is -0.240. The third-order valence-electron chi connectivity index (χ3n) is 1.73. The van der Waals surface area contributed by atoms with Crippen LogP contribution in [0.25, 0.3) is 0 Å². The van der Waals surface area contributed by atoms with Gasteiger partial charge in [0.1, 0.15) is 0 Å². The van der Waals surface area contributed by atoms with Crippen molar-refractivity contribution in [1.82, 2.24) is 5.32 Å². The second-order valence-corrected chi connectivity index (χ2v) is 3.96. The van der Waals surface area contributed by atoms with Gasteiger partial charge in [-0.3, -0.25) is 4.79 Å². The Bertz CT molecular complexity index is 136. The standard InChI is InChI=1S/C9H18ClNO/c1-4-5-7(2)9(12)11-6-8(3)10/h7-8H,4-6H2,1-3H3,(H,11,12). The maximum atomic E-state index is 11.3. The first-order valence-corrected chi connectivity index (χ1v) is 4.93. The molecule has 0 aromatic rings. The van der Waals surface area contributed by atoms with Gasteiger partial charge >= 0.3 is 0 Å². The monoisotopic (exact) mass is 191 g/mol. The van der Waals surface area contributed by atoms with E-state index in [9.17, 15) is 4.79 Å². The van der Waals surface area contributed by atoms with Gasteiger partial charge in [0.25, 0.3) is 0 Å². The quantitative estimate of drug-likeness (QED) is 0.664. The van der Waals surface area contributed by atoms with Crippen molar-refractivity contribution < 1.29 is 4.79 Å². The van der Waals surface area contributed by atoms with Crippen molar-refractivity contribution in [2.24, 2.45) is 5.92 Å². The van der Waals surface area contributed by atoms with E-state index in [0.717, 1.165) is 12.8 Å². The third-order valence-corrected chi connectivity index (χ3v) is 1.88. The van der Waals surface area contributed by atoms with E-state index in [4.69, 9.17) is 11.6 Å². The molecule has 1 amide bonds. The first kappa shape index (κ1) is 11.8. The molecule has 0 saturated heterocycles. The fraction of sp³-hybridized carbons (Fsp3) is 0.889. The van der Waals surface area contributed by atoms with Crippen molar-refractivity contribution in [3.05, 3.63) is 0 Å². The highest BCUT2D eigenvalue weighted by Gasteiger charge is 2.11. The molecular formula is C9H18ClNO. The summed E-state index contributed by atoms with van der Waals surface area (Å²) >= 11 is 5.69. The summed E-state index contributed by atoms with van der Waals surface area (Å²) in [6.45, 7) is 6.45. The Kier molecular flexibility index (Phi) is 6.17. The lowest BCUT2D eigenvalue weighted by Crippen LogP contribution is -2.32. The molecule has 0 fully saturated rings. The van der Waals surface area contributed by atoms with Crippen LogP contribution in [0, 0.1) is 5.92 Å². The smallest absolute Gasteiger partial charge is 0.222 e. The molecule has 0 rings (SSSR count). The van der Waals surface area contributed by atoms with E-state index in [2.05, 4.69) is 12.2 Å². The minimum absolute atomic E-state index is 0.0165. The SMILES string of the molecule is CCCC(C)C(=O)NCC(C)Cl. The van der Waals surface area contributed by atoms with Crippen LogP contribution in [0.3, 0.4) is 0 Å². The van der Waals surface area contributed by atoms with Crippen LogP contribution >= 0.6 is 11.6 Å². The van der Waals surface area contributed by atoms with Crippen LogP contribution in [0.2, 0.25) is 0 Å². The predicted molar refractivity (Wildman–Crippen MR) is 52.4 cm³/mol. The maximum absolute atomic E-state index is 11.3. The Balaban J connectivity index is 3.57. The first-order chi connectivity index (χ1) is 5.57. The molecule has 2 nitrogen and oxygen atoms in total. The summed E-state index contributed by atoms with van der Waals surface area (Å²) in [5, 5.41) is 2.81. The molecule has 72 valence electrons. The normalized spacial score (nSPS) is 15.3. The number of rotatable bonds is 5. The van der Waals surface area contributed by atoms with E-state index in [-0.39, 0.29) is 17.2 Å². The van der Waals surface area contributed by atoms with Crippen molar-refractivity contribution in [2.45, 2.75) is 39.0 Å². The number of amides is 1. The summed E-state index contributed by atoms with van der Waals surface area (Å²) < 4.78 is 0. The summed E-state index contributed by atoms with van der Waals surface area (Å²) in [6, 6.07) is 0. The molecule has 0 aliphatic heterocycles. The zero-order valence-electron chi connectivity index (χ0n) is 8.06. The predicted octanol–water partition coefficient (Wildman–Crippen LogP) is 2.17. The Morgan fingerprint density at radius 3 is 2.50 bits per heavy atom. The highest BCUT2D eigenvalue weighted by molar-refractivity contribution is 6.20. The second-order valence-electron chi connectivity index (χ2n) is 3.22. The highest BCUT2D eigenvalue weighted by atomic mass is 35.5. The molecule has 0 aliphatic carbocycles. The van der Waals surface area contributed by atoms with Gasteiger partial charge in [0.2, 0.25) is 5.91 Å². The van der Waals surface area contributed by atoms with Gasteiger partial charge in [-0.25, -0.2) is 0 Å². The largest absolute Gasteiger partial charge is 0.354 e. The molecule has 12 heavy (non-hydrogen) atoms. The zero-order chi connectivity index (χ0) is 9.56. The minimum atomic E-state index is 0.0165. The Morgan fingerprint density at radius 1 is 1.50 bits per heavy atom. The third kappa shape index (κ3) is 5.42. The number of hydrogen-bond donors (Lipinski definition) is 1. The van der Waals surface area contributed by atoms with Crippen LogP contribution in [0.1, 0.15) is 33.6 Å². The molecule has 2 atom stereocenters. The molecule has 0 aliphatic rings. The van der Waals surface area contributed by atoms with Gasteiger partial charge < -0.3 is 5.32 Å². The van der Waals surface area contributed by atoms with Gasteiger partial charge in [0.15, 0.2) is 0 Å². The van der Waals surface area contributed by atoms with Gasteiger partial charge in [-0.1, -0.05) is 20.3 Å². The average molecular weight is 192 g/mol. The molecule has 0 spiro atoms. The lowest BCUT2D eigenvalue weighted by molar-refractivity contribution is -0.124. The van der Waals surface area contributed by atoms with Crippen LogP contribution in [0.5, 0.6) is 0 Å². The van der Waals surface area contributed by atoms with E-state index in [1.807, 2.05) is 13.8 Å². The molecule has 3 heteroatoms. The molecule has 0 bridgehead atoms. The average Bonchev–Trinajstić information content (AvgIpc) is 2.00. The molecule has 1 N–H and O–H groups in total. The summed E-state index contributed by atoms with van der Waals surface area (Å²) in [7, 11) is 0. The van der Waals surface area contributed by atoms with Crippen LogP contribution in [-0.2, 0) is 4.79 Å². The van der Waals surface area contributed by atoms with Gasteiger partial charge in [-0.2, -0.15) is 0 Å². The van der Waals surface area contributed by atoms with Crippen molar-refractivity contribution >= 4 is 17.5 Å². The van der Waals surface area contributed by atoms with Crippen molar-refractivity contribution in [3.8, 4) is 0 Å². The topological polar surface area (TPSA) is 29.1 Å². The van der Waals surface area contributed by atoms with E-state index in [1.54, 1.807) is 0 Å². The molecule has 2 unspecified atom stereocenters. The summed E-state index contributed by atoms with van der Waals surface area (Å²) in [4.78, 5) is 11.3. The molecular weight excluding hydrogens is 174 g/mol. The number of halogens is 1. The van der Waals surface area contributed by atoms with Crippen molar-refractivity contribution in [1.29, 1.82) is 0 Å². The zero-order valence-corrected chi connectivity index (χ0v) is 8.82. The van der Waals surface area contributed by atoms with E-state index in [0.29, 0.717) is 6.54 Å². The highest BCUT2D eigenvalue weighted by Crippen LogP contribution is 2.04. The van der Waals surface area contributed by atoms with E-state index < -0.39 is 0 Å². The Labute approximate surface area is 79.7 Å². The van der Waals surface area contributed by atoms with Crippen LogP contribution in [-0.4, -0.2) is 17.8 Å². The lowest BCUT2D eigenvalue weighted by Gasteiger charge is -2.11. The number of nitrogens with one attached hydrogen (secondary N) is 1. The second kappa shape index (κ2) is 6.30. The van der Waals surface area contributed by atoms with Crippen molar-refractivity contribution in [3.63, 3.8) is 0 Å². The van der Waals surface area contributed by atoms with Crippen molar-refractivity contribution in [2.75, 3.05) is 6.54 Å². The molecule has 0 aromatic heterocycles. The number of carbonyl (C=O) groups is 1. The van der Waals surface area contributed by atoms with Gasteiger partial charge in [-0.15, -0.1) is 11.6 Å². The van der Waals surface area contributed by atoms with Gasteiger partial charge in [0, 0.05) is 17.8 Å². The number of carbonyl (C=O) groups excluding carboxylic acids is 1. The van der Waals surface area contributed by atoms with Gasteiger partial charge in [0.05, 0.1) is 0 Å². The Morgan fingerprint density at radius 2 is 2.08 bits per heavy atom. The fourth-order valence-corrected chi connectivity index (χ4v) is 1.06. The van der Waals surface area contributed by atoms with Gasteiger partial charge in [-0.05, 0) is 13.3 Å². The first-order valence-electron chi connectivity index (χ1n) is 4.49. The minimum Gasteiger partial charge on any atom is -0.354 e. The van der Waals surface area contributed by atoms with Crippen LogP contribution in [0.4, 0.5) is 0 Å². The van der Waals surface area contributed by atoms with E-state index in [1.165, 1.54) is 0 Å². The summed E-state index contributed by atoms with van der Waals surface area (Å²) in [6.07, 6.45) is 1.99. The number of hydrogen-bond acceptors (Lipinski definition) is 1. The maximum Gasteiger partial charge on any atom is 0.222 e. The fourth-order valence-electron chi connectivity index (χ4n) is 0.980. The molecule has 0 radical (unpaired) electrons. The summed E-state index contributed by atoms with van der Waals surface area (Å²) in [5.74, 6) is 0.231. The molecule has 0 aromatic carbocycles. The van der Waals surface area contributed by atoms with E-state index >= 15 is 0 Å². The molecule has 0 saturated carbocycles. The molecule has 0 heterocycles. The van der Waals surface area contributed by atoms with Crippen LogP contribution in [0.15, 0.2) is 0 Å². The lowest BCUT2D eigenvalue weighted by atomic mass is 10.1. The van der Waals surface area contributed by atoms with Crippen LogP contribution < -0.4 is 5.32 Å².